The molecular formula is C18H22O3. The maximum Gasteiger partial charge on any atom is 0.123 e. The monoisotopic (exact) mass is 286 g/mol. The van der Waals surface area contributed by atoms with Crippen LogP contribution in [0.15, 0.2) is 24.3 Å². The molecule has 0 unspecified atom stereocenters. The van der Waals surface area contributed by atoms with Gasteiger partial charge in [-0.1, -0.05) is 26.8 Å². The molecule has 0 heterocycles. The van der Waals surface area contributed by atoms with Crippen LogP contribution in [0.5, 0.6) is 17.2 Å². The number of benzene rings is 2. The van der Waals surface area contributed by atoms with E-state index in [0.29, 0.717) is 17.7 Å². The summed E-state index contributed by atoms with van der Waals surface area (Å²) in [5.41, 5.74) is 4.20. The Bertz CT molecular complexity index is 660. The van der Waals surface area contributed by atoms with Gasteiger partial charge in [-0.25, -0.2) is 0 Å². The van der Waals surface area contributed by atoms with Crippen LogP contribution < -0.4 is 0 Å². The van der Waals surface area contributed by atoms with Crippen molar-refractivity contribution >= 4 is 0 Å². The molecule has 0 radical (unpaired) electrons. The molecule has 0 saturated heterocycles. The Kier molecular flexibility index (Phi) is 4.41. The van der Waals surface area contributed by atoms with Crippen molar-refractivity contribution in [3.05, 3.63) is 41.0 Å². The van der Waals surface area contributed by atoms with Gasteiger partial charge in [0.05, 0.1) is 0 Å². The van der Waals surface area contributed by atoms with Gasteiger partial charge in [0.2, 0.25) is 0 Å². The number of phenols is 3. The Morgan fingerprint density at radius 3 is 2.00 bits per heavy atom. The Balaban J connectivity index is 2.79. The first-order valence-corrected chi connectivity index (χ1v) is 7.42. The van der Waals surface area contributed by atoms with E-state index in [9.17, 15) is 15.3 Å². The molecule has 3 heteroatoms. The molecule has 0 aliphatic heterocycles. The van der Waals surface area contributed by atoms with Gasteiger partial charge < -0.3 is 15.3 Å². The molecule has 2 rings (SSSR count). The molecule has 112 valence electrons. The van der Waals surface area contributed by atoms with Crippen molar-refractivity contribution in [1.29, 1.82) is 0 Å². The summed E-state index contributed by atoms with van der Waals surface area (Å²) >= 11 is 0. The van der Waals surface area contributed by atoms with Crippen LogP contribution in [-0.2, 0) is 19.3 Å². The van der Waals surface area contributed by atoms with E-state index in [-0.39, 0.29) is 11.5 Å². The minimum absolute atomic E-state index is 0.0990. The van der Waals surface area contributed by atoms with Crippen molar-refractivity contribution < 1.29 is 15.3 Å². The maximum atomic E-state index is 10.6. The second kappa shape index (κ2) is 6.08. The summed E-state index contributed by atoms with van der Waals surface area (Å²) in [6.45, 7) is 6.05. The number of aromatic hydroxyl groups is 3. The number of rotatable bonds is 4. The number of hydrogen-bond donors (Lipinski definition) is 3. The minimum atomic E-state index is 0.0990. The van der Waals surface area contributed by atoms with Crippen LogP contribution in [0.2, 0.25) is 0 Å². The quantitative estimate of drug-likeness (QED) is 0.740. The summed E-state index contributed by atoms with van der Waals surface area (Å²) in [6, 6.07) is 6.48. The first-order chi connectivity index (χ1) is 10.0. The highest BCUT2D eigenvalue weighted by Crippen LogP contribution is 2.40. The maximum absolute atomic E-state index is 10.6. The first-order valence-electron chi connectivity index (χ1n) is 7.42. The van der Waals surface area contributed by atoms with Crippen LogP contribution in [0.4, 0.5) is 0 Å². The molecule has 0 aromatic heterocycles. The summed E-state index contributed by atoms with van der Waals surface area (Å²) in [4.78, 5) is 0. The SMILES string of the molecule is CCc1cc(-c2cc(O)ccc2O)c(CC)c(O)c1CC. The van der Waals surface area contributed by atoms with E-state index in [1.807, 2.05) is 26.8 Å². The number of aryl methyl sites for hydroxylation is 1. The third-order valence-electron chi connectivity index (χ3n) is 3.96. The molecule has 0 aliphatic carbocycles. The summed E-state index contributed by atoms with van der Waals surface area (Å²) in [5, 5.41) is 30.3. The number of hydrogen-bond acceptors (Lipinski definition) is 3. The standard InChI is InChI=1S/C18H22O3/c1-4-11-9-15(14(6-3)18(21)13(11)5-2)16-10-12(19)7-8-17(16)20/h7-10,19-21H,4-6H2,1-3H3. The fraction of sp³-hybridized carbons (Fsp3) is 0.333. The van der Waals surface area contributed by atoms with Crippen LogP contribution in [0.3, 0.4) is 0 Å². The molecule has 0 bridgehead atoms. The minimum Gasteiger partial charge on any atom is -0.508 e. The van der Waals surface area contributed by atoms with Gasteiger partial charge in [-0.05, 0) is 54.2 Å². The second-order valence-corrected chi connectivity index (χ2v) is 5.15. The smallest absolute Gasteiger partial charge is 0.123 e. The van der Waals surface area contributed by atoms with E-state index < -0.39 is 0 Å². The third kappa shape index (κ3) is 2.68. The van der Waals surface area contributed by atoms with Gasteiger partial charge in [-0.2, -0.15) is 0 Å². The Labute approximate surface area is 125 Å². The predicted octanol–water partition coefficient (Wildman–Crippen LogP) is 4.16. The van der Waals surface area contributed by atoms with Gasteiger partial charge in [0.15, 0.2) is 0 Å². The molecule has 2 aromatic carbocycles. The summed E-state index contributed by atoms with van der Waals surface area (Å²) in [7, 11) is 0. The summed E-state index contributed by atoms with van der Waals surface area (Å²) in [6.07, 6.45) is 2.24. The lowest BCUT2D eigenvalue weighted by atomic mass is 9.89. The largest absolute Gasteiger partial charge is 0.508 e. The average molecular weight is 286 g/mol. The van der Waals surface area contributed by atoms with Crippen molar-refractivity contribution in [2.24, 2.45) is 0 Å². The fourth-order valence-corrected chi connectivity index (χ4v) is 2.86. The van der Waals surface area contributed by atoms with Crippen molar-refractivity contribution in [1.82, 2.24) is 0 Å². The fourth-order valence-electron chi connectivity index (χ4n) is 2.86. The second-order valence-electron chi connectivity index (χ2n) is 5.15. The highest BCUT2D eigenvalue weighted by atomic mass is 16.3. The van der Waals surface area contributed by atoms with E-state index in [4.69, 9.17) is 0 Å². The molecule has 0 amide bonds. The van der Waals surface area contributed by atoms with Crippen LogP contribution in [0.1, 0.15) is 37.5 Å². The van der Waals surface area contributed by atoms with Crippen molar-refractivity contribution in [2.75, 3.05) is 0 Å². The molecule has 3 N–H and O–H groups in total. The zero-order valence-electron chi connectivity index (χ0n) is 12.8. The molecular weight excluding hydrogens is 264 g/mol. The van der Waals surface area contributed by atoms with Gasteiger partial charge in [-0.3, -0.25) is 0 Å². The highest BCUT2D eigenvalue weighted by molar-refractivity contribution is 5.78. The average Bonchev–Trinajstić information content (AvgIpc) is 2.48. The molecule has 0 aliphatic rings. The lowest BCUT2D eigenvalue weighted by Crippen LogP contribution is -1.99. The van der Waals surface area contributed by atoms with Gasteiger partial charge >= 0.3 is 0 Å². The molecule has 0 atom stereocenters. The molecule has 3 nitrogen and oxygen atoms in total. The first kappa shape index (κ1) is 15.2. The van der Waals surface area contributed by atoms with Crippen LogP contribution in [0, 0.1) is 0 Å². The Morgan fingerprint density at radius 2 is 1.43 bits per heavy atom. The van der Waals surface area contributed by atoms with Gasteiger partial charge in [0.25, 0.3) is 0 Å². The van der Waals surface area contributed by atoms with Gasteiger partial charge in [0, 0.05) is 11.1 Å². The summed E-state index contributed by atoms with van der Waals surface area (Å²) < 4.78 is 0. The van der Waals surface area contributed by atoms with Crippen molar-refractivity contribution in [3.8, 4) is 28.4 Å². The molecule has 2 aromatic rings. The van der Waals surface area contributed by atoms with Crippen LogP contribution >= 0.6 is 0 Å². The predicted molar refractivity (Wildman–Crippen MR) is 85.0 cm³/mol. The third-order valence-corrected chi connectivity index (χ3v) is 3.96. The van der Waals surface area contributed by atoms with Gasteiger partial charge in [-0.15, -0.1) is 0 Å². The zero-order valence-corrected chi connectivity index (χ0v) is 12.8. The lowest BCUT2D eigenvalue weighted by molar-refractivity contribution is 0.459. The molecule has 0 fully saturated rings. The lowest BCUT2D eigenvalue weighted by Gasteiger charge is -2.18. The van der Waals surface area contributed by atoms with Gasteiger partial charge in [0.1, 0.15) is 17.2 Å². The van der Waals surface area contributed by atoms with Crippen LogP contribution in [0.25, 0.3) is 11.1 Å². The van der Waals surface area contributed by atoms with E-state index in [0.717, 1.165) is 35.1 Å². The Morgan fingerprint density at radius 1 is 0.762 bits per heavy atom. The van der Waals surface area contributed by atoms with Crippen LogP contribution in [-0.4, -0.2) is 15.3 Å². The molecule has 21 heavy (non-hydrogen) atoms. The zero-order chi connectivity index (χ0) is 15.6. The summed E-state index contributed by atoms with van der Waals surface area (Å²) in [5.74, 6) is 0.521. The van der Waals surface area contributed by atoms with Crippen molar-refractivity contribution in [3.63, 3.8) is 0 Å². The van der Waals surface area contributed by atoms with E-state index in [2.05, 4.69) is 0 Å². The topological polar surface area (TPSA) is 60.7 Å². The van der Waals surface area contributed by atoms with E-state index in [1.54, 1.807) is 0 Å². The normalized spacial score (nSPS) is 10.8. The number of phenolic OH excluding ortho intramolecular Hbond substituents is 3. The highest BCUT2D eigenvalue weighted by Gasteiger charge is 2.18. The molecule has 0 saturated carbocycles. The van der Waals surface area contributed by atoms with Crippen molar-refractivity contribution in [2.45, 2.75) is 40.0 Å². The van der Waals surface area contributed by atoms with E-state index >= 15 is 0 Å². The Hall–Kier alpha value is -2.16. The molecule has 0 spiro atoms. The van der Waals surface area contributed by atoms with E-state index in [1.165, 1.54) is 18.2 Å².